The number of imide groups is 1. The van der Waals surface area contributed by atoms with Crippen LogP contribution in [-0.2, 0) is 9.59 Å². The number of methoxy groups -OCH3 is 1. The van der Waals surface area contributed by atoms with Crippen molar-refractivity contribution in [2.45, 2.75) is 0 Å². The number of anilines is 1. The van der Waals surface area contributed by atoms with E-state index >= 15 is 0 Å². The van der Waals surface area contributed by atoms with E-state index in [9.17, 15) is 14.7 Å². The highest BCUT2D eigenvalue weighted by Crippen LogP contribution is 2.36. The maximum atomic E-state index is 12.6. The van der Waals surface area contributed by atoms with Gasteiger partial charge in [-0.3, -0.25) is 9.59 Å². The van der Waals surface area contributed by atoms with E-state index in [0.717, 1.165) is 4.90 Å². The Morgan fingerprint density at radius 3 is 2.23 bits per heavy atom. The lowest BCUT2D eigenvalue weighted by atomic mass is 10.1. The van der Waals surface area contributed by atoms with Crippen molar-refractivity contribution in [3.05, 3.63) is 65.9 Å². The monoisotopic (exact) mass is 295 g/mol. The zero-order chi connectivity index (χ0) is 15.7. The maximum absolute atomic E-state index is 12.6. The zero-order valence-electron chi connectivity index (χ0n) is 11.8. The maximum Gasteiger partial charge on any atom is 0.301 e. The Morgan fingerprint density at radius 1 is 0.909 bits per heavy atom. The van der Waals surface area contributed by atoms with Crippen molar-refractivity contribution in [3.8, 4) is 5.75 Å². The molecule has 0 saturated carbocycles. The third-order valence-corrected chi connectivity index (χ3v) is 3.45. The van der Waals surface area contributed by atoms with Gasteiger partial charge in [-0.2, -0.15) is 0 Å². The van der Waals surface area contributed by atoms with E-state index in [1.54, 1.807) is 54.6 Å². The number of ether oxygens (including phenoxy) is 1. The molecule has 0 spiro atoms. The number of carbonyl (C=O) groups excluding carboxylic acids is 2. The van der Waals surface area contributed by atoms with Crippen molar-refractivity contribution in [1.82, 2.24) is 0 Å². The molecule has 1 N–H and O–H groups in total. The van der Waals surface area contributed by atoms with Crippen LogP contribution in [0.15, 0.2) is 60.4 Å². The number of aliphatic hydroxyl groups excluding tert-OH is 1. The van der Waals surface area contributed by atoms with Gasteiger partial charge in [-0.1, -0.05) is 42.5 Å². The summed E-state index contributed by atoms with van der Waals surface area (Å²) in [4.78, 5) is 25.9. The average Bonchev–Trinajstić information content (AvgIpc) is 2.78. The third kappa shape index (κ3) is 2.03. The second-order valence-electron chi connectivity index (χ2n) is 4.71. The molecule has 0 radical (unpaired) electrons. The quantitative estimate of drug-likeness (QED) is 0.884. The summed E-state index contributed by atoms with van der Waals surface area (Å²) in [5, 5.41) is 10.1. The topological polar surface area (TPSA) is 66.8 Å². The molecule has 2 amide bonds. The van der Waals surface area contributed by atoms with Gasteiger partial charge in [-0.25, -0.2) is 4.90 Å². The summed E-state index contributed by atoms with van der Waals surface area (Å²) < 4.78 is 5.18. The highest BCUT2D eigenvalue weighted by atomic mass is 16.5. The first-order valence-electron chi connectivity index (χ1n) is 6.65. The molecule has 2 aromatic carbocycles. The summed E-state index contributed by atoms with van der Waals surface area (Å²) in [6.07, 6.45) is 0. The van der Waals surface area contributed by atoms with Crippen LogP contribution in [0.5, 0.6) is 5.75 Å². The molecule has 0 aromatic heterocycles. The molecule has 0 unspecified atom stereocenters. The first-order chi connectivity index (χ1) is 10.6. The van der Waals surface area contributed by atoms with Gasteiger partial charge in [0.15, 0.2) is 5.76 Å². The van der Waals surface area contributed by atoms with Gasteiger partial charge in [-0.05, 0) is 17.7 Å². The Labute approximate surface area is 127 Å². The van der Waals surface area contributed by atoms with Crippen molar-refractivity contribution in [2.75, 3.05) is 12.0 Å². The summed E-state index contributed by atoms with van der Waals surface area (Å²) in [5.41, 5.74) is 0.796. The molecule has 22 heavy (non-hydrogen) atoms. The smallest absolute Gasteiger partial charge is 0.301 e. The lowest BCUT2D eigenvalue weighted by Crippen LogP contribution is -2.31. The summed E-state index contributed by atoms with van der Waals surface area (Å²) in [5.74, 6) is -1.50. The van der Waals surface area contributed by atoms with Crippen molar-refractivity contribution in [2.24, 2.45) is 0 Å². The summed E-state index contributed by atoms with van der Waals surface area (Å²) >= 11 is 0. The van der Waals surface area contributed by atoms with Crippen LogP contribution in [0.25, 0.3) is 5.57 Å². The van der Waals surface area contributed by atoms with Crippen LogP contribution in [0, 0.1) is 0 Å². The number of benzene rings is 2. The van der Waals surface area contributed by atoms with E-state index in [4.69, 9.17) is 4.74 Å². The van der Waals surface area contributed by atoms with E-state index in [1.807, 2.05) is 0 Å². The fourth-order valence-electron chi connectivity index (χ4n) is 2.42. The van der Waals surface area contributed by atoms with Gasteiger partial charge in [0.25, 0.3) is 5.91 Å². The number of nitrogens with zero attached hydrogens (tertiary/aromatic N) is 1. The molecule has 2 aromatic rings. The van der Waals surface area contributed by atoms with Crippen molar-refractivity contribution < 1.29 is 19.4 Å². The molecule has 5 nitrogen and oxygen atoms in total. The van der Waals surface area contributed by atoms with Gasteiger partial charge in [0.2, 0.25) is 0 Å². The van der Waals surface area contributed by atoms with Gasteiger partial charge in [0.05, 0.1) is 18.4 Å². The number of para-hydroxylation sites is 2. The Bertz CT molecular complexity index is 780. The standard InChI is InChI=1S/C17H13NO4/c1-22-13-10-6-5-9-12(13)18-16(20)14(15(19)17(18)21)11-7-3-2-4-8-11/h2-10,19H,1H3. The zero-order valence-corrected chi connectivity index (χ0v) is 11.8. The molecule has 0 atom stereocenters. The predicted molar refractivity (Wildman–Crippen MR) is 81.5 cm³/mol. The molecule has 1 heterocycles. The lowest BCUT2D eigenvalue weighted by molar-refractivity contribution is -0.121. The summed E-state index contributed by atoms with van der Waals surface area (Å²) in [7, 11) is 1.45. The first kappa shape index (κ1) is 13.9. The van der Waals surface area contributed by atoms with Crippen LogP contribution in [-0.4, -0.2) is 24.0 Å². The lowest BCUT2D eigenvalue weighted by Gasteiger charge is -2.17. The van der Waals surface area contributed by atoms with E-state index < -0.39 is 17.6 Å². The van der Waals surface area contributed by atoms with Crippen LogP contribution >= 0.6 is 0 Å². The van der Waals surface area contributed by atoms with Crippen LogP contribution in [0.2, 0.25) is 0 Å². The average molecular weight is 295 g/mol. The van der Waals surface area contributed by atoms with E-state index in [1.165, 1.54) is 7.11 Å². The molecule has 0 fully saturated rings. The fourth-order valence-corrected chi connectivity index (χ4v) is 2.42. The number of aliphatic hydroxyl groups is 1. The Balaban J connectivity index is 2.09. The van der Waals surface area contributed by atoms with E-state index in [0.29, 0.717) is 17.0 Å². The Morgan fingerprint density at radius 2 is 1.55 bits per heavy atom. The van der Waals surface area contributed by atoms with Gasteiger partial charge in [-0.15, -0.1) is 0 Å². The predicted octanol–water partition coefficient (Wildman–Crippen LogP) is 2.54. The van der Waals surface area contributed by atoms with Gasteiger partial charge in [0.1, 0.15) is 5.75 Å². The second-order valence-corrected chi connectivity index (χ2v) is 4.71. The number of hydrogen-bond donors (Lipinski definition) is 1. The molecule has 0 saturated heterocycles. The fraction of sp³-hybridized carbons (Fsp3) is 0.0588. The molecule has 3 rings (SSSR count). The minimum absolute atomic E-state index is 0.00324. The van der Waals surface area contributed by atoms with Gasteiger partial charge < -0.3 is 9.84 Å². The first-order valence-corrected chi connectivity index (χ1v) is 6.65. The van der Waals surface area contributed by atoms with Crippen LogP contribution in [0.4, 0.5) is 5.69 Å². The molecule has 1 aliphatic heterocycles. The molecular formula is C17H13NO4. The van der Waals surface area contributed by atoms with Crippen LogP contribution in [0.1, 0.15) is 5.56 Å². The molecule has 0 bridgehead atoms. The highest BCUT2D eigenvalue weighted by Gasteiger charge is 2.41. The molecular weight excluding hydrogens is 282 g/mol. The van der Waals surface area contributed by atoms with Crippen molar-refractivity contribution in [3.63, 3.8) is 0 Å². The highest BCUT2D eigenvalue weighted by molar-refractivity contribution is 6.45. The van der Waals surface area contributed by atoms with Crippen molar-refractivity contribution >= 4 is 23.1 Å². The normalized spacial score (nSPS) is 14.7. The summed E-state index contributed by atoms with van der Waals surface area (Å²) in [6.45, 7) is 0. The SMILES string of the molecule is COc1ccccc1N1C(=O)C(O)=C(c2ccccc2)C1=O. The molecule has 5 heteroatoms. The van der Waals surface area contributed by atoms with E-state index in [2.05, 4.69) is 0 Å². The number of rotatable bonds is 3. The van der Waals surface area contributed by atoms with Crippen LogP contribution < -0.4 is 9.64 Å². The molecule has 1 aliphatic rings. The minimum atomic E-state index is -0.756. The van der Waals surface area contributed by atoms with E-state index in [-0.39, 0.29) is 5.57 Å². The molecule has 110 valence electrons. The summed E-state index contributed by atoms with van der Waals surface area (Å²) in [6, 6.07) is 15.3. The number of hydrogen-bond acceptors (Lipinski definition) is 4. The largest absolute Gasteiger partial charge is 0.502 e. The number of amides is 2. The Hall–Kier alpha value is -3.08. The van der Waals surface area contributed by atoms with Crippen LogP contribution in [0.3, 0.4) is 0 Å². The van der Waals surface area contributed by atoms with Crippen molar-refractivity contribution in [1.29, 1.82) is 0 Å². The minimum Gasteiger partial charge on any atom is -0.502 e. The van der Waals surface area contributed by atoms with Gasteiger partial charge >= 0.3 is 5.91 Å². The number of carbonyl (C=O) groups is 2. The Kier molecular flexibility index (Phi) is 3.39. The second kappa shape index (κ2) is 5.37. The molecule has 0 aliphatic carbocycles. The third-order valence-electron chi connectivity index (χ3n) is 3.45. The van der Waals surface area contributed by atoms with Gasteiger partial charge in [0, 0.05) is 0 Å².